The number of hydrogen-bond donors (Lipinski definition) is 3. The Labute approximate surface area is 117 Å². The number of anilines is 2. The highest BCUT2D eigenvalue weighted by atomic mass is 16.2. The van der Waals surface area contributed by atoms with Crippen LogP contribution in [0, 0.1) is 0 Å². The first-order chi connectivity index (χ1) is 9.74. The Balaban J connectivity index is 1.75. The molecule has 0 atom stereocenters. The number of para-hydroxylation sites is 1. The number of nitrogens with one attached hydrogen (secondary N) is 3. The summed E-state index contributed by atoms with van der Waals surface area (Å²) in [6.07, 6.45) is 0.894. The van der Waals surface area contributed by atoms with Crippen molar-refractivity contribution in [1.29, 1.82) is 0 Å². The molecule has 0 saturated heterocycles. The average Bonchev–Trinajstić information content (AvgIpc) is 2.76. The molecule has 3 N–H and O–H groups in total. The predicted molar refractivity (Wildman–Crippen MR) is 77.7 cm³/mol. The van der Waals surface area contributed by atoms with Gasteiger partial charge < -0.3 is 10.6 Å². The molecular formula is C14H17N5O. The van der Waals surface area contributed by atoms with Gasteiger partial charge in [0, 0.05) is 37.8 Å². The molecule has 0 aliphatic carbocycles. The Bertz CT molecular complexity index is 620. The molecule has 1 aromatic heterocycles. The van der Waals surface area contributed by atoms with E-state index in [1.54, 1.807) is 4.68 Å². The summed E-state index contributed by atoms with van der Waals surface area (Å²) < 4.78 is 1.72. The standard InChI is InChI=1S/C14H17N5O/c1-19-13(11-9-15-8-7-12(11)18-19)17-14(20)16-10-5-3-2-4-6-10/h2-6,15H,7-9H2,1H3,(H2,16,17,20). The average molecular weight is 271 g/mol. The summed E-state index contributed by atoms with van der Waals surface area (Å²) >= 11 is 0. The van der Waals surface area contributed by atoms with E-state index in [4.69, 9.17) is 0 Å². The molecule has 2 heterocycles. The van der Waals surface area contributed by atoms with Crippen LogP contribution in [-0.4, -0.2) is 22.4 Å². The van der Waals surface area contributed by atoms with Gasteiger partial charge in [0.15, 0.2) is 0 Å². The van der Waals surface area contributed by atoms with Crippen LogP contribution in [0.4, 0.5) is 16.3 Å². The summed E-state index contributed by atoms with van der Waals surface area (Å²) in [5.41, 5.74) is 2.89. The fraction of sp³-hybridized carbons (Fsp3) is 0.286. The molecule has 0 spiro atoms. The molecule has 0 unspecified atom stereocenters. The highest BCUT2D eigenvalue weighted by Crippen LogP contribution is 2.22. The van der Waals surface area contributed by atoms with Gasteiger partial charge in [-0.2, -0.15) is 5.10 Å². The lowest BCUT2D eigenvalue weighted by atomic mass is 10.1. The summed E-state index contributed by atoms with van der Waals surface area (Å²) in [5.74, 6) is 0.751. The van der Waals surface area contributed by atoms with Crippen molar-refractivity contribution in [3.05, 3.63) is 41.6 Å². The molecule has 0 radical (unpaired) electrons. The van der Waals surface area contributed by atoms with Gasteiger partial charge in [-0.3, -0.25) is 10.00 Å². The molecule has 104 valence electrons. The van der Waals surface area contributed by atoms with Crippen LogP contribution in [0.3, 0.4) is 0 Å². The van der Waals surface area contributed by atoms with Crippen LogP contribution in [0.5, 0.6) is 0 Å². The second kappa shape index (κ2) is 5.34. The number of carbonyl (C=O) groups excluding carboxylic acids is 1. The van der Waals surface area contributed by atoms with Crippen molar-refractivity contribution in [2.24, 2.45) is 7.05 Å². The summed E-state index contributed by atoms with van der Waals surface area (Å²) in [4.78, 5) is 12.0. The monoisotopic (exact) mass is 271 g/mol. The summed E-state index contributed by atoms with van der Waals surface area (Å²) in [7, 11) is 1.84. The normalized spacial score (nSPS) is 13.7. The Morgan fingerprint density at radius 3 is 2.90 bits per heavy atom. The van der Waals surface area contributed by atoms with Crippen LogP contribution in [0.1, 0.15) is 11.3 Å². The first-order valence-electron chi connectivity index (χ1n) is 6.62. The molecule has 1 aliphatic rings. The molecule has 2 aromatic rings. The van der Waals surface area contributed by atoms with Crippen LogP contribution < -0.4 is 16.0 Å². The van der Waals surface area contributed by atoms with E-state index in [2.05, 4.69) is 21.0 Å². The lowest BCUT2D eigenvalue weighted by Crippen LogP contribution is -2.25. The third-order valence-electron chi connectivity index (χ3n) is 3.33. The van der Waals surface area contributed by atoms with Gasteiger partial charge in [0.05, 0.1) is 5.69 Å². The molecule has 0 fully saturated rings. The van der Waals surface area contributed by atoms with E-state index in [-0.39, 0.29) is 6.03 Å². The Morgan fingerprint density at radius 2 is 2.10 bits per heavy atom. The van der Waals surface area contributed by atoms with Crippen LogP contribution >= 0.6 is 0 Å². The Morgan fingerprint density at radius 1 is 1.30 bits per heavy atom. The maximum Gasteiger partial charge on any atom is 0.324 e. The number of hydrogen-bond acceptors (Lipinski definition) is 3. The van der Waals surface area contributed by atoms with Gasteiger partial charge in [-0.1, -0.05) is 18.2 Å². The van der Waals surface area contributed by atoms with E-state index in [1.807, 2.05) is 37.4 Å². The molecule has 0 bridgehead atoms. The predicted octanol–water partition coefficient (Wildman–Crippen LogP) is 1.71. The zero-order chi connectivity index (χ0) is 13.9. The number of rotatable bonds is 2. The summed E-state index contributed by atoms with van der Waals surface area (Å²) in [6, 6.07) is 9.11. The first-order valence-corrected chi connectivity index (χ1v) is 6.62. The molecular weight excluding hydrogens is 254 g/mol. The zero-order valence-electron chi connectivity index (χ0n) is 11.3. The number of amides is 2. The van der Waals surface area contributed by atoms with Gasteiger partial charge in [0.2, 0.25) is 0 Å². The number of benzene rings is 1. The Kier molecular flexibility index (Phi) is 3.39. The summed E-state index contributed by atoms with van der Waals surface area (Å²) in [5, 5.41) is 13.4. The fourth-order valence-corrected chi connectivity index (χ4v) is 2.38. The lowest BCUT2D eigenvalue weighted by Gasteiger charge is -2.14. The van der Waals surface area contributed by atoms with Crippen molar-refractivity contribution in [1.82, 2.24) is 15.1 Å². The van der Waals surface area contributed by atoms with Gasteiger partial charge in [0.1, 0.15) is 5.82 Å². The van der Waals surface area contributed by atoms with Gasteiger partial charge in [0.25, 0.3) is 0 Å². The summed E-state index contributed by atoms with van der Waals surface area (Å²) in [6.45, 7) is 1.67. The lowest BCUT2D eigenvalue weighted by molar-refractivity contribution is 0.262. The molecule has 6 heteroatoms. The molecule has 6 nitrogen and oxygen atoms in total. The van der Waals surface area contributed by atoms with Crippen LogP contribution in [0.25, 0.3) is 0 Å². The van der Waals surface area contributed by atoms with Crippen LogP contribution in [0.2, 0.25) is 0 Å². The molecule has 3 rings (SSSR count). The van der Waals surface area contributed by atoms with E-state index in [9.17, 15) is 4.79 Å². The second-order valence-corrected chi connectivity index (χ2v) is 4.77. The van der Waals surface area contributed by atoms with Crippen molar-refractivity contribution in [2.45, 2.75) is 13.0 Å². The minimum atomic E-state index is -0.257. The fourth-order valence-electron chi connectivity index (χ4n) is 2.38. The third kappa shape index (κ3) is 2.50. The van der Waals surface area contributed by atoms with Crippen molar-refractivity contribution in [3.8, 4) is 0 Å². The van der Waals surface area contributed by atoms with E-state index >= 15 is 0 Å². The molecule has 1 aliphatic heterocycles. The van der Waals surface area contributed by atoms with E-state index < -0.39 is 0 Å². The number of fused-ring (bicyclic) bond motifs is 1. The maximum absolute atomic E-state index is 12.0. The minimum Gasteiger partial charge on any atom is -0.312 e. The van der Waals surface area contributed by atoms with Crippen molar-refractivity contribution in [3.63, 3.8) is 0 Å². The molecule has 20 heavy (non-hydrogen) atoms. The van der Waals surface area contributed by atoms with E-state index in [0.717, 1.165) is 42.3 Å². The maximum atomic E-state index is 12.0. The number of aromatic nitrogens is 2. The largest absolute Gasteiger partial charge is 0.324 e. The zero-order valence-corrected chi connectivity index (χ0v) is 11.3. The van der Waals surface area contributed by atoms with Gasteiger partial charge in [-0.05, 0) is 12.1 Å². The van der Waals surface area contributed by atoms with Crippen molar-refractivity contribution in [2.75, 3.05) is 17.2 Å². The minimum absolute atomic E-state index is 0.257. The van der Waals surface area contributed by atoms with Crippen LogP contribution in [-0.2, 0) is 20.0 Å². The number of urea groups is 1. The highest BCUT2D eigenvalue weighted by Gasteiger charge is 2.20. The van der Waals surface area contributed by atoms with E-state index in [1.165, 1.54) is 0 Å². The number of carbonyl (C=O) groups is 1. The molecule has 1 aromatic carbocycles. The van der Waals surface area contributed by atoms with Crippen LogP contribution in [0.15, 0.2) is 30.3 Å². The number of aryl methyl sites for hydroxylation is 1. The molecule has 0 saturated carbocycles. The van der Waals surface area contributed by atoms with Gasteiger partial charge >= 0.3 is 6.03 Å². The SMILES string of the molecule is Cn1nc2c(c1NC(=O)Nc1ccccc1)CNCC2. The van der Waals surface area contributed by atoms with Crippen molar-refractivity contribution >= 4 is 17.5 Å². The quantitative estimate of drug-likeness (QED) is 0.778. The molecule has 2 amide bonds. The smallest absolute Gasteiger partial charge is 0.312 e. The van der Waals surface area contributed by atoms with Gasteiger partial charge in [-0.15, -0.1) is 0 Å². The second-order valence-electron chi connectivity index (χ2n) is 4.77. The van der Waals surface area contributed by atoms with Gasteiger partial charge in [-0.25, -0.2) is 4.79 Å². The third-order valence-corrected chi connectivity index (χ3v) is 3.33. The highest BCUT2D eigenvalue weighted by molar-refractivity contribution is 5.99. The van der Waals surface area contributed by atoms with Crippen molar-refractivity contribution < 1.29 is 4.79 Å². The van der Waals surface area contributed by atoms with E-state index in [0.29, 0.717) is 0 Å². The first kappa shape index (κ1) is 12.7. The number of nitrogens with zero attached hydrogens (tertiary/aromatic N) is 2. The topological polar surface area (TPSA) is 71.0 Å². The Hall–Kier alpha value is -2.34.